The first kappa shape index (κ1) is 22.1. The Morgan fingerprint density at radius 1 is 0.750 bits per heavy atom. The molecule has 0 aromatic carbocycles. The topological polar surface area (TPSA) is 53.5 Å². The molecule has 1 aliphatic carbocycles. The number of nitrogens with one attached hydrogen (secondary N) is 2. The lowest BCUT2D eigenvalue weighted by Crippen LogP contribution is -2.31. The van der Waals surface area contributed by atoms with Crippen LogP contribution in [0.1, 0.15) is 58.8 Å². The summed E-state index contributed by atoms with van der Waals surface area (Å²) >= 11 is 0. The molecular formula is C16H38N2O2. The van der Waals surface area contributed by atoms with E-state index in [1.165, 1.54) is 44.9 Å². The second kappa shape index (κ2) is 18.8. The van der Waals surface area contributed by atoms with Crippen LogP contribution in [0.15, 0.2) is 0 Å². The molecular weight excluding hydrogens is 252 g/mol. The highest BCUT2D eigenvalue weighted by molar-refractivity contribution is 4.69. The molecule has 20 heavy (non-hydrogen) atoms. The van der Waals surface area contributed by atoms with Gasteiger partial charge in [-0.3, -0.25) is 0 Å². The van der Waals surface area contributed by atoms with Gasteiger partial charge in [0.25, 0.3) is 0 Å². The first-order valence-electron chi connectivity index (χ1n) is 8.23. The Morgan fingerprint density at radius 3 is 1.45 bits per heavy atom. The Bertz CT molecular complexity index is 139. The number of hydrogen-bond acceptors (Lipinski definition) is 4. The molecule has 1 heterocycles. The van der Waals surface area contributed by atoms with E-state index < -0.39 is 0 Å². The van der Waals surface area contributed by atoms with Gasteiger partial charge in [0.05, 0.1) is 0 Å². The zero-order valence-corrected chi connectivity index (χ0v) is 14.4. The van der Waals surface area contributed by atoms with E-state index in [0.717, 1.165) is 26.4 Å². The molecule has 3 N–H and O–H groups in total. The maximum absolute atomic E-state index is 7.00. The third kappa shape index (κ3) is 12.9. The maximum Gasteiger partial charge on any atom is 0.0480 e. The molecule has 4 heteroatoms. The number of rotatable bonds is 2. The van der Waals surface area contributed by atoms with Gasteiger partial charge in [0, 0.05) is 32.4 Å². The Morgan fingerprint density at radius 2 is 1.15 bits per heavy atom. The minimum Gasteiger partial charge on any atom is -0.400 e. The third-order valence-electron chi connectivity index (χ3n) is 3.64. The summed E-state index contributed by atoms with van der Waals surface area (Å²) in [5.41, 5.74) is 0. The molecule has 0 atom stereocenters. The van der Waals surface area contributed by atoms with Crippen molar-refractivity contribution in [3.05, 3.63) is 0 Å². The molecule has 4 nitrogen and oxygen atoms in total. The normalized spacial score (nSPS) is 19.5. The highest BCUT2D eigenvalue weighted by Crippen LogP contribution is 2.16. The standard InChI is InChI=1S/C7H15N.C6H13NO.C2H6.CH4O/c1-8-7-5-3-2-4-6-7;1-7-6-2-4-8-5-3-6;2*1-2/h7-8H,2-6H2,1H3;6-7H,2-5H2,1H3;1-2H3;2H,1H3. The van der Waals surface area contributed by atoms with E-state index >= 15 is 0 Å². The largest absolute Gasteiger partial charge is 0.400 e. The van der Waals surface area contributed by atoms with Crippen molar-refractivity contribution in [2.45, 2.75) is 70.9 Å². The first-order valence-corrected chi connectivity index (χ1v) is 8.23. The van der Waals surface area contributed by atoms with Gasteiger partial charge in [-0.2, -0.15) is 0 Å². The molecule has 0 spiro atoms. The van der Waals surface area contributed by atoms with Crippen molar-refractivity contribution in [3.8, 4) is 0 Å². The van der Waals surface area contributed by atoms with Crippen LogP contribution in [0.5, 0.6) is 0 Å². The average Bonchev–Trinajstić information content (AvgIpc) is 2.60. The smallest absolute Gasteiger partial charge is 0.0480 e. The van der Waals surface area contributed by atoms with Crippen LogP contribution in [0.4, 0.5) is 0 Å². The molecule has 2 rings (SSSR count). The van der Waals surface area contributed by atoms with Gasteiger partial charge in [0.15, 0.2) is 0 Å². The van der Waals surface area contributed by atoms with Gasteiger partial charge in [-0.05, 0) is 39.8 Å². The Kier molecular flexibility index (Phi) is 20.8. The van der Waals surface area contributed by atoms with Gasteiger partial charge in [0.2, 0.25) is 0 Å². The molecule has 0 bridgehead atoms. The molecule has 0 unspecified atom stereocenters. The summed E-state index contributed by atoms with van der Waals surface area (Å²) in [6.45, 7) is 5.87. The van der Waals surface area contributed by atoms with E-state index in [1.54, 1.807) is 0 Å². The number of hydrogen-bond donors (Lipinski definition) is 3. The average molecular weight is 290 g/mol. The van der Waals surface area contributed by atoms with E-state index in [2.05, 4.69) is 17.7 Å². The molecule has 0 radical (unpaired) electrons. The van der Waals surface area contributed by atoms with Crippen LogP contribution in [0.3, 0.4) is 0 Å². The van der Waals surface area contributed by atoms with Crippen molar-refractivity contribution >= 4 is 0 Å². The Balaban J connectivity index is 0. The molecule has 0 aromatic rings. The summed E-state index contributed by atoms with van der Waals surface area (Å²) in [5.74, 6) is 0. The molecule has 1 aliphatic heterocycles. The second-order valence-electron chi connectivity index (χ2n) is 4.80. The lowest BCUT2D eigenvalue weighted by molar-refractivity contribution is 0.0799. The zero-order valence-electron chi connectivity index (χ0n) is 14.4. The second-order valence-corrected chi connectivity index (χ2v) is 4.80. The lowest BCUT2D eigenvalue weighted by atomic mass is 9.96. The number of aliphatic hydroxyl groups excluding tert-OH is 1. The molecule has 0 aromatic heterocycles. The van der Waals surface area contributed by atoms with Crippen molar-refractivity contribution in [2.24, 2.45) is 0 Å². The Labute approximate surface area is 126 Å². The van der Waals surface area contributed by atoms with Crippen molar-refractivity contribution in [3.63, 3.8) is 0 Å². The highest BCUT2D eigenvalue weighted by Gasteiger charge is 2.10. The number of aliphatic hydroxyl groups is 1. The minimum atomic E-state index is 0.712. The molecule has 124 valence electrons. The van der Waals surface area contributed by atoms with Crippen molar-refractivity contribution in [2.75, 3.05) is 34.4 Å². The summed E-state index contributed by atoms with van der Waals surface area (Å²) in [4.78, 5) is 0. The minimum absolute atomic E-state index is 0.712. The van der Waals surface area contributed by atoms with Crippen LogP contribution >= 0.6 is 0 Å². The number of ether oxygens (including phenoxy) is 1. The van der Waals surface area contributed by atoms with Gasteiger partial charge in [-0.25, -0.2) is 0 Å². The van der Waals surface area contributed by atoms with Gasteiger partial charge in [-0.15, -0.1) is 0 Å². The molecule has 2 aliphatic rings. The third-order valence-corrected chi connectivity index (χ3v) is 3.64. The fourth-order valence-corrected chi connectivity index (χ4v) is 2.38. The molecule has 2 fully saturated rings. The first-order chi connectivity index (χ1) is 9.86. The van der Waals surface area contributed by atoms with Crippen LogP contribution in [0, 0.1) is 0 Å². The quantitative estimate of drug-likeness (QED) is 0.731. The molecule has 1 saturated carbocycles. The van der Waals surface area contributed by atoms with Crippen LogP contribution in [0.25, 0.3) is 0 Å². The van der Waals surface area contributed by atoms with Crippen LogP contribution in [-0.2, 0) is 4.74 Å². The van der Waals surface area contributed by atoms with Crippen molar-refractivity contribution in [1.82, 2.24) is 10.6 Å². The van der Waals surface area contributed by atoms with Gasteiger partial charge in [0.1, 0.15) is 0 Å². The zero-order chi connectivity index (χ0) is 15.6. The fraction of sp³-hybridized carbons (Fsp3) is 1.00. The van der Waals surface area contributed by atoms with E-state index in [4.69, 9.17) is 9.84 Å². The van der Waals surface area contributed by atoms with E-state index in [-0.39, 0.29) is 0 Å². The summed E-state index contributed by atoms with van der Waals surface area (Å²) in [5, 5.41) is 13.5. The van der Waals surface area contributed by atoms with E-state index in [9.17, 15) is 0 Å². The van der Waals surface area contributed by atoms with Crippen molar-refractivity contribution < 1.29 is 9.84 Å². The predicted molar refractivity (Wildman–Crippen MR) is 88.3 cm³/mol. The van der Waals surface area contributed by atoms with Gasteiger partial charge < -0.3 is 20.5 Å². The SMILES string of the molecule is CC.CNC1CCCCC1.CNC1CCOCC1.CO. The van der Waals surface area contributed by atoms with Gasteiger partial charge in [-0.1, -0.05) is 33.1 Å². The summed E-state index contributed by atoms with van der Waals surface area (Å²) in [7, 11) is 5.08. The predicted octanol–water partition coefficient (Wildman–Crippen LogP) is 2.56. The van der Waals surface area contributed by atoms with Crippen molar-refractivity contribution in [1.29, 1.82) is 0 Å². The maximum atomic E-state index is 7.00. The Hall–Kier alpha value is -0.160. The summed E-state index contributed by atoms with van der Waals surface area (Å²) < 4.78 is 5.16. The summed E-state index contributed by atoms with van der Waals surface area (Å²) in [6, 6.07) is 1.55. The fourth-order valence-electron chi connectivity index (χ4n) is 2.38. The molecule has 0 amide bonds. The van der Waals surface area contributed by atoms with Gasteiger partial charge >= 0.3 is 0 Å². The summed E-state index contributed by atoms with van der Waals surface area (Å²) in [6.07, 6.45) is 9.48. The highest BCUT2D eigenvalue weighted by atomic mass is 16.5. The monoisotopic (exact) mass is 290 g/mol. The molecule has 1 saturated heterocycles. The van der Waals surface area contributed by atoms with Crippen LogP contribution in [-0.4, -0.2) is 51.6 Å². The van der Waals surface area contributed by atoms with Crippen LogP contribution < -0.4 is 10.6 Å². The van der Waals surface area contributed by atoms with E-state index in [0.29, 0.717) is 6.04 Å². The van der Waals surface area contributed by atoms with Crippen LogP contribution in [0.2, 0.25) is 0 Å². The van der Waals surface area contributed by atoms with E-state index in [1.807, 2.05) is 20.9 Å². The lowest BCUT2D eigenvalue weighted by Gasteiger charge is -2.20.